The van der Waals surface area contributed by atoms with Crippen LogP contribution in [-0.2, 0) is 14.3 Å². The largest absolute Gasteiger partial charge is 0.460 e. The molecule has 1 saturated heterocycles. The molecule has 0 N–H and O–H groups in total. The third-order valence-corrected chi connectivity index (χ3v) is 2.83. The van der Waals surface area contributed by atoms with E-state index in [9.17, 15) is 9.59 Å². The summed E-state index contributed by atoms with van der Waals surface area (Å²) in [5, 5.41) is 0. The standard InChI is InChI=1S/C13H23NO3/c1-9(2)7-12(15)14-6-5-11(8-14)17-13(16)10(3)4/h9-11H,5-8H2,1-4H3. The van der Waals surface area contributed by atoms with Gasteiger partial charge in [-0.25, -0.2) is 0 Å². The number of ether oxygens (including phenoxy) is 1. The molecule has 4 nitrogen and oxygen atoms in total. The minimum atomic E-state index is -0.173. The Bertz CT molecular complexity index is 286. The number of hydrogen-bond donors (Lipinski definition) is 0. The van der Waals surface area contributed by atoms with Crippen molar-refractivity contribution in [2.75, 3.05) is 13.1 Å². The van der Waals surface area contributed by atoms with E-state index in [0.717, 1.165) is 6.42 Å². The molecule has 17 heavy (non-hydrogen) atoms. The highest BCUT2D eigenvalue weighted by molar-refractivity contribution is 5.77. The van der Waals surface area contributed by atoms with E-state index in [1.54, 1.807) is 4.90 Å². The van der Waals surface area contributed by atoms with Crippen LogP contribution >= 0.6 is 0 Å². The fourth-order valence-electron chi connectivity index (χ4n) is 1.83. The van der Waals surface area contributed by atoms with Crippen molar-refractivity contribution in [1.82, 2.24) is 4.90 Å². The second kappa shape index (κ2) is 6.03. The zero-order valence-corrected chi connectivity index (χ0v) is 11.2. The molecule has 0 spiro atoms. The van der Waals surface area contributed by atoms with Crippen molar-refractivity contribution in [1.29, 1.82) is 0 Å². The number of carbonyl (C=O) groups is 2. The lowest BCUT2D eigenvalue weighted by Gasteiger charge is -2.18. The van der Waals surface area contributed by atoms with Crippen LogP contribution < -0.4 is 0 Å². The summed E-state index contributed by atoms with van der Waals surface area (Å²) < 4.78 is 5.33. The Morgan fingerprint density at radius 3 is 2.47 bits per heavy atom. The second-order valence-electron chi connectivity index (χ2n) is 5.44. The van der Waals surface area contributed by atoms with E-state index in [0.29, 0.717) is 25.4 Å². The van der Waals surface area contributed by atoms with Crippen LogP contribution in [0.5, 0.6) is 0 Å². The molecular weight excluding hydrogens is 218 g/mol. The van der Waals surface area contributed by atoms with Crippen molar-refractivity contribution in [3.63, 3.8) is 0 Å². The van der Waals surface area contributed by atoms with E-state index in [4.69, 9.17) is 4.74 Å². The fourth-order valence-corrected chi connectivity index (χ4v) is 1.83. The molecule has 4 heteroatoms. The number of amides is 1. The Balaban J connectivity index is 2.37. The zero-order valence-electron chi connectivity index (χ0n) is 11.2. The highest BCUT2D eigenvalue weighted by Crippen LogP contribution is 2.16. The van der Waals surface area contributed by atoms with Gasteiger partial charge in [0.2, 0.25) is 5.91 Å². The van der Waals surface area contributed by atoms with E-state index >= 15 is 0 Å². The van der Waals surface area contributed by atoms with Gasteiger partial charge in [-0.3, -0.25) is 9.59 Å². The van der Waals surface area contributed by atoms with Gasteiger partial charge >= 0.3 is 5.97 Å². The molecule has 1 aliphatic rings. The van der Waals surface area contributed by atoms with Crippen LogP contribution in [0.3, 0.4) is 0 Å². The van der Waals surface area contributed by atoms with E-state index in [-0.39, 0.29) is 23.9 Å². The first kappa shape index (κ1) is 14.0. The summed E-state index contributed by atoms with van der Waals surface area (Å²) in [4.78, 5) is 25.0. The maximum Gasteiger partial charge on any atom is 0.308 e. The lowest BCUT2D eigenvalue weighted by atomic mass is 10.1. The van der Waals surface area contributed by atoms with Crippen LogP contribution in [0.2, 0.25) is 0 Å². The lowest BCUT2D eigenvalue weighted by Crippen LogP contribution is -2.31. The van der Waals surface area contributed by atoms with Gasteiger partial charge in [-0.15, -0.1) is 0 Å². The molecule has 1 rings (SSSR count). The molecule has 1 aliphatic heterocycles. The maximum absolute atomic E-state index is 11.8. The Hall–Kier alpha value is -1.06. The molecule has 0 aliphatic carbocycles. The Kier molecular flexibility index (Phi) is 4.97. The average Bonchev–Trinajstić information content (AvgIpc) is 2.65. The van der Waals surface area contributed by atoms with Gasteiger partial charge in [0.15, 0.2) is 0 Å². The monoisotopic (exact) mass is 241 g/mol. The van der Waals surface area contributed by atoms with E-state index in [1.165, 1.54) is 0 Å². The summed E-state index contributed by atoms with van der Waals surface area (Å²) in [6.45, 7) is 8.97. The minimum absolute atomic E-state index is 0.101. The van der Waals surface area contributed by atoms with Gasteiger partial charge in [0.05, 0.1) is 12.5 Å². The summed E-state index contributed by atoms with van der Waals surface area (Å²) in [7, 11) is 0. The van der Waals surface area contributed by atoms with Crippen LogP contribution in [0, 0.1) is 11.8 Å². The summed E-state index contributed by atoms with van der Waals surface area (Å²) in [6, 6.07) is 0. The average molecular weight is 241 g/mol. The van der Waals surface area contributed by atoms with Gasteiger partial charge in [0.25, 0.3) is 0 Å². The molecule has 1 unspecified atom stereocenters. The molecule has 0 radical (unpaired) electrons. The van der Waals surface area contributed by atoms with Gasteiger partial charge in [0, 0.05) is 19.4 Å². The zero-order chi connectivity index (χ0) is 13.0. The van der Waals surface area contributed by atoms with Crippen LogP contribution in [0.15, 0.2) is 0 Å². The van der Waals surface area contributed by atoms with Gasteiger partial charge in [-0.1, -0.05) is 27.7 Å². The molecule has 0 aromatic carbocycles. The van der Waals surface area contributed by atoms with Gasteiger partial charge < -0.3 is 9.64 Å². The molecule has 0 aromatic rings. The smallest absolute Gasteiger partial charge is 0.308 e. The number of carbonyl (C=O) groups excluding carboxylic acids is 2. The molecule has 1 atom stereocenters. The fraction of sp³-hybridized carbons (Fsp3) is 0.846. The number of esters is 1. The highest BCUT2D eigenvalue weighted by atomic mass is 16.5. The molecular formula is C13H23NO3. The van der Waals surface area contributed by atoms with Gasteiger partial charge in [0.1, 0.15) is 6.10 Å². The predicted octanol–water partition coefficient (Wildman–Crippen LogP) is 1.83. The minimum Gasteiger partial charge on any atom is -0.460 e. The summed E-state index contributed by atoms with van der Waals surface area (Å²) in [6.07, 6.45) is 1.23. The van der Waals surface area contributed by atoms with Crippen LogP contribution in [0.1, 0.15) is 40.5 Å². The SMILES string of the molecule is CC(C)CC(=O)N1CCC(OC(=O)C(C)C)C1. The Morgan fingerprint density at radius 1 is 1.29 bits per heavy atom. The first-order valence-corrected chi connectivity index (χ1v) is 6.38. The topological polar surface area (TPSA) is 46.6 Å². The molecule has 0 aromatic heterocycles. The Morgan fingerprint density at radius 2 is 1.94 bits per heavy atom. The van der Waals surface area contributed by atoms with E-state index < -0.39 is 0 Å². The molecule has 1 fully saturated rings. The summed E-state index contributed by atoms with van der Waals surface area (Å²) in [5.41, 5.74) is 0. The third-order valence-electron chi connectivity index (χ3n) is 2.83. The molecule has 1 amide bonds. The van der Waals surface area contributed by atoms with Crippen molar-refractivity contribution >= 4 is 11.9 Å². The number of likely N-dealkylation sites (tertiary alicyclic amines) is 1. The summed E-state index contributed by atoms with van der Waals surface area (Å²) >= 11 is 0. The molecule has 0 saturated carbocycles. The van der Waals surface area contributed by atoms with Crippen molar-refractivity contribution < 1.29 is 14.3 Å². The molecule has 98 valence electrons. The third kappa shape index (κ3) is 4.36. The van der Waals surface area contributed by atoms with E-state index in [2.05, 4.69) is 0 Å². The Labute approximate surface area is 103 Å². The van der Waals surface area contributed by atoms with E-state index in [1.807, 2.05) is 27.7 Å². The normalized spacial score (nSPS) is 20.1. The van der Waals surface area contributed by atoms with Gasteiger partial charge in [-0.2, -0.15) is 0 Å². The number of hydrogen-bond acceptors (Lipinski definition) is 3. The first-order chi connectivity index (χ1) is 7.90. The van der Waals surface area contributed by atoms with Crippen molar-refractivity contribution in [3.8, 4) is 0 Å². The highest BCUT2D eigenvalue weighted by Gasteiger charge is 2.29. The van der Waals surface area contributed by atoms with Crippen LogP contribution in [0.25, 0.3) is 0 Å². The number of nitrogens with zero attached hydrogens (tertiary/aromatic N) is 1. The molecule has 1 heterocycles. The quantitative estimate of drug-likeness (QED) is 0.705. The van der Waals surface area contributed by atoms with Gasteiger partial charge in [-0.05, 0) is 5.92 Å². The molecule has 0 bridgehead atoms. The predicted molar refractivity (Wildman–Crippen MR) is 65.4 cm³/mol. The number of rotatable bonds is 4. The van der Waals surface area contributed by atoms with Crippen molar-refractivity contribution in [2.45, 2.75) is 46.6 Å². The lowest BCUT2D eigenvalue weighted by molar-refractivity contribution is -0.152. The van der Waals surface area contributed by atoms with Crippen LogP contribution in [-0.4, -0.2) is 36.0 Å². The second-order valence-corrected chi connectivity index (χ2v) is 5.44. The first-order valence-electron chi connectivity index (χ1n) is 6.38. The maximum atomic E-state index is 11.8. The van der Waals surface area contributed by atoms with Crippen molar-refractivity contribution in [3.05, 3.63) is 0 Å². The van der Waals surface area contributed by atoms with Crippen molar-refractivity contribution in [2.24, 2.45) is 11.8 Å². The van der Waals surface area contributed by atoms with Crippen LogP contribution in [0.4, 0.5) is 0 Å². The summed E-state index contributed by atoms with van der Waals surface area (Å²) in [5.74, 6) is 0.270.